The van der Waals surface area contributed by atoms with Crippen LogP contribution in [0.15, 0.2) is 85.2 Å². The fourth-order valence-corrected chi connectivity index (χ4v) is 7.92. The van der Waals surface area contributed by atoms with Crippen LogP contribution in [0.4, 0.5) is 5.69 Å². The highest BCUT2D eigenvalue weighted by molar-refractivity contribution is 5.93. The van der Waals surface area contributed by atoms with Gasteiger partial charge in [0.2, 0.25) is 0 Å². The fourth-order valence-electron chi connectivity index (χ4n) is 7.92. The molecule has 0 bridgehead atoms. The van der Waals surface area contributed by atoms with Crippen molar-refractivity contribution in [1.29, 1.82) is 0 Å². The van der Waals surface area contributed by atoms with Crippen LogP contribution in [0.3, 0.4) is 0 Å². The highest BCUT2D eigenvalue weighted by atomic mass is 16.5. The lowest BCUT2D eigenvalue weighted by Crippen LogP contribution is -2.54. The van der Waals surface area contributed by atoms with Crippen LogP contribution in [-0.2, 0) is 11.3 Å². The summed E-state index contributed by atoms with van der Waals surface area (Å²) in [4.78, 5) is 28.1. The molecule has 5 aromatic rings. The third kappa shape index (κ3) is 7.45. The molecular weight excluding hydrogens is 654 g/mol. The Morgan fingerprint density at radius 1 is 0.885 bits per heavy atom. The first-order chi connectivity index (χ1) is 25.3. The number of fused-ring (bicyclic) bond motifs is 1. The third-order valence-corrected chi connectivity index (χ3v) is 10.6. The van der Waals surface area contributed by atoms with Crippen LogP contribution in [0.1, 0.15) is 65.7 Å². The van der Waals surface area contributed by atoms with Gasteiger partial charge in [-0.2, -0.15) is 0 Å². The van der Waals surface area contributed by atoms with Gasteiger partial charge in [0.1, 0.15) is 22.7 Å². The van der Waals surface area contributed by atoms with Gasteiger partial charge in [-0.3, -0.25) is 9.80 Å². The molecule has 2 fully saturated rings. The average Bonchev–Trinajstić information content (AvgIpc) is 3.66. The van der Waals surface area contributed by atoms with E-state index in [1.54, 1.807) is 26.5 Å². The van der Waals surface area contributed by atoms with Crippen molar-refractivity contribution in [3.63, 3.8) is 0 Å². The van der Waals surface area contributed by atoms with E-state index in [1.807, 2.05) is 36.5 Å². The molecule has 0 saturated carbocycles. The molecule has 52 heavy (non-hydrogen) atoms. The molecule has 0 amide bonds. The number of carbonyl (C=O) groups excluding carboxylic acids is 1. The minimum Gasteiger partial charge on any atom is -0.493 e. The van der Waals surface area contributed by atoms with Gasteiger partial charge < -0.3 is 28.8 Å². The summed E-state index contributed by atoms with van der Waals surface area (Å²) in [5.41, 5.74) is 6.27. The molecule has 2 aromatic heterocycles. The molecule has 10 heteroatoms. The smallest absolute Gasteiger partial charge is 0.341 e. The number of esters is 1. The number of rotatable bonds is 11. The molecule has 4 heterocycles. The molecule has 0 unspecified atom stereocenters. The Morgan fingerprint density at radius 2 is 1.69 bits per heavy atom. The van der Waals surface area contributed by atoms with Crippen molar-refractivity contribution in [2.45, 2.75) is 51.2 Å². The first kappa shape index (κ1) is 35.3. The Kier molecular flexibility index (Phi) is 10.7. The molecule has 0 spiro atoms. The normalized spacial score (nSPS) is 17.4. The third-order valence-electron chi connectivity index (χ3n) is 10.6. The highest BCUT2D eigenvalue weighted by Crippen LogP contribution is 2.38. The zero-order valence-corrected chi connectivity index (χ0v) is 30.8. The van der Waals surface area contributed by atoms with E-state index in [0.717, 1.165) is 80.3 Å². The van der Waals surface area contributed by atoms with E-state index < -0.39 is 5.97 Å². The first-order valence-corrected chi connectivity index (χ1v) is 18.2. The van der Waals surface area contributed by atoms with E-state index in [4.69, 9.17) is 18.9 Å². The number of piperidine rings is 1. The molecule has 10 nitrogen and oxygen atoms in total. The van der Waals surface area contributed by atoms with Crippen molar-refractivity contribution in [2.24, 2.45) is 0 Å². The van der Waals surface area contributed by atoms with E-state index in [2.05, 4.69) is 74.9 Å². The van der Waals surface area contributed by atoms with Gasteiger partial charge in [-0.25, -0.2) is 9.78 Å². The topological polar surface area (TPSA) is 92.4 Å². The number of methoxy groups -OCH3 is 3. The van der Waals surface area contributed by atoms with Gasteiger partial charge in [-0.15, -0.1) is 0 Å². The largest absolute Gasteiger partial charge is 0.493 e. The number of benzene rings is 3. The predicted molar refractivity (Wildman–Crippen MR) is 204 cm³/mol. The fraction of sp³-hybridized carbons (Fsp3) is 0.381. The Morgan fingerprint density at radius 3 is 2.46 bits per heavy atom. The van der Waals surface area contributed by atoms with Crippen molar-refractivity contribution in [1.82, 2.24) is 19.8 Å². The predicted octanol–water partition coefficient (Wildman–Crippen LogP) is 7.81. The summed E-state index contributed by atoms with van der Waals surface area (Å²) in [5, 5.41) is 0.937. The second-order valence-electron chi connectivity index (χ2n) is 14.0. The summed E-state index contributed by atoms with van der Waals surface area (Å²) in [5.74, 6) is 2.53. The summed E-state index contributed by atoms with van der Waals surface area (Å²) < 4.78 is 22.5. The lowest BCUT2D eigenvalue weighted by atomic mass is 9.89. The van der Waals surface area contributed by atoms with E-state index in [0.29, 0.717) is 29.0 Å². The molecule has 0 radical (unpaired) electrons. The first-order valence-electron chi connectivity index (χ1n) is 18.2. The molecule has 2 aliphatic rings. The molecular formula is C42H49N5O5. The number of nitrogens with one attached hydrogen (secondary N) is 1. The number of piperazine rings is 1. The number of ether oxygens (including phenoxy) is 4. The number of aromatic amines is 1. The maximum Gasteiger partial charge on any atom is 0.341 e. The monoisotopic (exact) mass is 703 g/mol. The summed E-state index contributed by atoms with van der Waals surface area (Å²) in [6.07, 6.45) is 5.59. The number of anilines is 1. The zero-order valence-electron chi connectivity index (χ0n) is 30.8. The minimum atomic E-state index is -0.436. The number of hydrogen-bond donors (Lipinski definition) is 1. The number of H-pyrrole nitrogens is 1. The highest BCUT2D eigenvalue weighted by Gasteiger charge is 2.36. The average molecular weight is 704 g/mol. The second-order valence-corrected chi connectivity index (χ2v) is 14.0. The van der Waals surface area contributed by atoms with Crippen LogP contribution in [-0.4, -0.2) is 85.8 Å². The number of hydrogen-bond acceptors (Lipinski definition) is 9. The van der Waals surface area contributed by atoms with Crippen LogP contribution in [0.5, 0.6) is 23.0 Å². The van der Waals surface area contributed by atoms with Crippen LogP contribution in [0.2, 0.25) is 0 Å². The summed E-state index contributed by atoms with van der Waals surface area (Å²) in [6, 6.07) is 25.6. The number of pyridine rings is 1. The maximum absolute atomic E-state index is 12.7. The van der Waals surface area contributed by atoms with E-state index in [-0.39, 0.29) is 6.04 Å². The quantitative estimate of drug-likeness (QED) is 0.138. The molecule has 0 aliphatic carbocycles. The molecule has 1 N–H and O–H groups in total. The van der Waals surface area contributed by atoms with Gasteiger partial charge in [0.15, 0.2) is 11.5 Å². The van der Waals surface area contributed by atoms with Gasteiger partial charge in [0.05, 0.1) is 27.5 Å². The summed E-state index contributed by atoms with van der Waals surface area (Å²) in [7, 11) is 4.76. The van der Waals surface area contributed by atoms with Crippen LogP contribution < -0.4 is 19.1 Å². The Balaban J connectivity index is 1.09. The molecule has 1 atom stereocenters. The van der Waals surface area contributed by atoms with Crippen molar-refractivity contribution >= 4 is 22.7 Å². The summed E-state index contributed by atoms with van der Waals surface area (Å²) >= 11 is 0. The molecule has 3 aromatic carbocycles. The lowest BCUT2D eigenvalue weighted by molar-refractivity contribution is 0.0271. The van der Waals surface area contributed by atoms with Gasteiger partial charge in [-0.1, -0.05) is 44.2 Å². The maximum atomic E-state index is 12.7. The Hall–Kier alpha value is -5.06. The van der Waals surface area contributed by atoms with Gasteiger partial charge in [-0.05, 0) is 71.8 Å². The minimum absolute atomic E-state index is 0.286. The Bertz CT molecular complexity index is 2000. The van der Waals surface area contributed by atoms with Crippen LogP contribution in [0, 0.1) is 0 Å². The lowest BCUT2D eigenvalue weighted by Gasteiger charge is -2.48. The van der Waals surface area contributed by atoms with E-state index in [9.17, 15) is 4.79 Å². The SMILES string of the molecule is COC(=O)c1ccc(N2CCC(N3CCN(Cc4ccc(OC)c(OC)c4)C[C@H]3c3ccccc3C(C)C)CC2)cc1Oc1cnc2[nH]ccc2c1. The van der Waals surface area contributed by atoms with Crippen molar-refractivity contribution in [2.75, 3.05) is 59.0 Å². The molecule has 2 saturated heterocycles. The van der Waals surface area contributed by atoms with E-state index in [1.165, 1.54) is 23.8 Å². The van der Waals surface area contributed by atoms with Crippen molar-refractivity contribution < 1.29 is 23.7 Å². The number of aromatic nitrogens is 2. The zero-order chi connectivity index (χ0) is 36.2. The van der Waals surface area contributed by atoms with Gasteiger partial charge >= 0.3 is 5.97 Å². The van der Waals surface area contributed by atoms with Crippen molar-refractivity contribution in [3.05, 3.63) is 107 Å². The number of carbonyl (C=O) groups is 1. The second kappa shape index (κ2) is 15.7. The van der Waals surface area contributed by atoms with Crippen LogP contribution >= 0.6 is 0 Å². The standard InChI is InChI=1S/C42H49N5O5/c1-28(2)34-8-6-7-9-35(34)37-27-45(26-29-10-13-38(49-3)40(22-29)50-4)20-21-47(37)31-15-18-46(19-16-31)32-11-12-36(42(48)51-5)39(24-32)52-33-23-30-14-17-43-41(30)44-25-33/h6-14,17,22-25,28,31,37H,15-16,18-21,26-27H2,1-5H3,(H,43,44)/t37-/m0/s1. The van der Waals surface area contributed by atoms with Gasteiger partial charge in [0.25, 0.3) is 0 Å². The van der Waals surface area contributed by atoms with Crippen LogP contribution in [0.25, 0.3) is 11.0 Å². The van der Waals surface area contributed by atoms with E-state index >= 15 is 0 Å². The number of nitrogens with zero attached hydrogens (tertiary/aromatic N) is 4. The summed E-state index contributed by atoms with van der Waals surface area (Å²) in [6.45, 7) is 10.2. The van der Waals surface area contributed by atoms with Crippen molar-refractivity contribution in [3.8, 4) is 23.0 Å². The Labute approximate surface area is 306 Å². The molecule has 7 rings (SSSR count). The van der Waals surface area contributed by atoms with Gasteiger partial charge in [0, 0.05) is 74.7 Å². The molecule has 272 valence electrons. The molecule has 2 aliphatic heterocycles.